The van der Waals surface area contributed by atoms with E-state index >= 15 is 0 Å². The van der Waals surface area contributed by atoms with Crippen molar-refractivity contribution in [2.75, 3.05) is 23.5 Å². The van der Waals surface area contributed by atoms with Crippen molar-refractivity contribution in [3.63, 3.8) is 0 Å². The lowest BCUT2D eigenvalue weighted by Gasteiger charge is -2.25. The minimum absolute atomic E-state index is 0.0192. The van der Waals surface area contributed by atoms with Crippen molar-refractivity contribution in [1.82, 2.24) is 4.98 Å². The molecule has 1 aliphatic heterocycles. The largest absolute Gasteiger partial charge is 0.356 e. The maximum absolute atomic E-state index is 11.5. The van der Waals surface area contributed by atoms with E-state index in [0.717, 1.165) is 5.56 Å². The molecular weight excluding hydrogens is 274 g/mol. The van der Waals surface area contributed by atoms with Gasteiger partial charge in [-0.15, -0.1) is 0 Å². The summed E-state index contributed by atoms with van der Waals surface area (Å²) in [5, 5.41) is 0.536. The van der Waals surface area contributed by atoms with E-state index in [2.05, 4.69) is 4.98 Å². The van der Waals surface area contributed by atoms with Gasteiger partial charge in [0.05, 0.1) is 16.5 Å². The fraction of sp³-hybridized carbons (Fsp3) is 0.545. The molecule has 0 radical (unpaired) electrons. The van der Waals surface area contributed by atoms with Gasteiger partial charge in [0.25, 0.3) is 0 Å². The number of anilines is 1. The average Bonchev–Trinajstić information content (AvgIpc) is 2.69. The van der Waals surface area contributed by atoms with E-state index in [9.17, 15) is 8.42 Å². The molecule has 0 aromatic carbocycles. The second-order valence-corrected chi connectivity index (χ2v) is 7.14. The maximum atomic E-state index is 11.5. The van der Waals surface area contributed by atoms with Gasteiger partial charge in [-0.05, 0) is 18.1 Å². The van der Waals surface area contributed by atoms with Crippen LogP contribution >= 0.6 is 11.6 Å². The van der Waals surface area contributed by atoms with E-state index in [-0.39, 0.29) is 17.5 Å². The number of hydrogen-bond donors (Lipinski definition) is 1. The molecule has 7 heteroatoms. The zero-order chi connectivity index (χ0) is 13.3. The van der Waals surface area contributed by atoms with Crippen LogP contribution in [-0.4, -0.2) is 38.0 Å². The zero-order valence-corrected chi connectivity index (χ0v) is 11.7. The van der Waals surface area contributed by atoms with Crippen LogP contribution in [0.4, 0.5) is 5.82 Å². The van der Waals surface area contributed by atoms with Gasteiger partial charge in [-0.1, -0.05) is 11.6 Å². The molecule has 18 heavy (non-hydrogen) atoms. The Morgan fingerprint density at radius 3 is 2.89 bits per heavy atom. The van der Waals surface area contributed by atoms with Crippen molar-refractivity contribution < 1.29 is 8.42 Å². The normalized spacial score (nSPS) is 22.1. The summed E-state index contributed by atoms with van der Waals surface area (Å²) in [6.45, 7) is 0.338. The van der Waals surface area contributed by atoms with Crippen LogP contribution in [0.25, 0.3) is 0 Å². The van der Waals surface area contributed by atoms with Gasteiger partial charge >= 0.3 is 0 Å². The number of halogens is 1. The highest BCUT2D eigenvalue weighted by molar-refractivity contribution is 7.91. The molecule has 1 atom stereocenters. The highest BCUT2D eigenvalue weighted by Crippen LogP contribution is 2.24. The molecule has 1 aliphatic rings. The van der Waals surface area contributed by atoms with Crippen LogP contribution in [0, 0.1) is 0 Å². The Labute approximate surface area is 112 Å². The fourth-order valence-electron chi connectivity index (χ4n) is 2.08. The Balaban J connectivity index is 2.21. The summed E-state index contributed by atoms with van der Waals surface area (Å²) in [6, 6.07) is 1.79. The molecule has 0 spiro atoms. The Hall–Kier alpha value is -0.850. The van der Waals surface area contributed by atoms with E-state index in [0.29, 0.717) is 23.8 Å². The molecule has 1 unspecified atom stereocenters. The second-order valence-electron chi connectivity index (χ2n) is 4.51. The third kappa shape index (κ3) is 2.76. The molecule has 1 saturated heterocycles. The number of nitrogens with zero attached hydrogens (tertiary/aromatic N) is 2. The molecule has 2 N–H and O–H groups in total. The van der Waals surface area contributed by atoms with E-state index in [1.165, 1.54) is 0 Å². The Morgan fingerprint density at radius 1 is 1.61 bits per heavy atom. The predicted octanol–water partition coefficient (Wildman–Crippen LogP) is 0.817. The van der Waals surface area contributed by atoms with E-state index in [4.69, 9.17) is 17.3 Å². The predicted molar refractivity (Wildman–Crippen MR) is 72.6 cm³/mol. The number of pyridine rings is 1. The van der Waals surface area contributed by atoms with Gasteiger partial charge in [0.15, 0.2) is 9.84 Å². The molecule has 1 aromatic rings. The van der Waals surface area contributed by atoms with Gasteiger partial charge in [0.1, 0.15) is 5.82 Å². The summed E-state index contributed by atoms with van der Waals surface area (Å²) in [7, 11) is -1.04. The average molecular weight is 290 g/mol. The molecule has 0 amide bonds. The molecule has 0 bridgehead atoms. The standard InChI is InChI=1S/C11H16ClN3O2S/c1-15(9-2-3-18(16,17)7-9)11-4-8(5-13)10(12)6-14-11/h4,6,9H,2-3,5,7,13H2,1H3. The number of rotatable bonds is 3. The van der Waals surface area contributed by atoms with Crippen LogP contribution in [-0.2, 0) is 16.4 Å². The van der Waals surface area contributed by atoms with Crippen LogP contribution in [0.3, 0.4) is 0 Å². The van der Waals surface area contributed by atoms with Crippen LogP contribution in [0.5, 0.6) is 0 Å². The van der Waals surface area contributed by atoms with Crippen molar-refractivity contribution in [3.05, 3.63) is 22.8 Å². The first kappa shape index (κ1) is 13.6. The number of hydrogen-bond acceptors (Lipinski definition) is 5. The monoisotopic (exact) mass is 289 g/mol. The third-order valence-electron chi connectivity index (χ3n) is 3.26. The van der Waals surface area contributed by atoms with E-state index < -0.39 is 9.84 Å². The molecule has 0 aliphatic carbocycles. The van der Waals surface area contributed by atoms with Crippen LogP contribution < -0.4 is 10.6 Å². The third-order valence-corrected chi connectivity index (χ3v) is 5.35. The lowest BCUT2D eigenvalue weighted by Crippen LogP contribution is -2.33. The molecule has 1 fully saturated rings. The first-order valence-electron chi connectivity index (χ1n) is 5.70. The summed E-state index contributed by atoms with van der Waals surface area (Å²) in [5.41, 5.74) is 6.40. The van der Waals surface area contributed by atoms with E-state index in [1.54, 1.807) is 6.20 Å². The molecule has 2 rings (SSSR count). The van der Waals surface area contributed by atoms with Crippen molar-refractivity contribution in [2.24, 2.45) is 5.73 Å². The number of aromatic nitrogens is 1. The highest BCUT2D eigenvalue weighted by Gasteiger charge is 2.31. The van der Waals surface area contributed by atoms with Gasteiger partial charge in [-0.3, -0.25) is 0 Å². The molecular formula is C11H16ClN3O2S. The van der Waals surface area contributed by atoms with Gasteiger partial charge in [-0.2, -0.15) is 0 Å². The SMILES string of the molecule is CN(c1cc(CN)c(Cl)cn1)C1CCS(=O)(=O)C1. The topological polar surface area (TPSA) is 76.3 Å². The van der Waals surface area contributed by atoms with E-state index in [1.807, 2.05) is 18.0 Å². The zero-order valence-electron chi connectivity index (χ0n) is 10.1. The minimum Gasteiger partial charge on any atom is -0.356 e. The summed E-state index contributed by atoms with van der Waals surface area (Å²) in [5.74, 6) is 1.15. The Morgan fingerprint density at radius 2 is 2.33 bits per heavy atom. The summed E-state index contributed by atoms with van der Waals surface area (Å²) >= 11 is 5.95. The van der Waals surface area contributed by atoms with Gasteiger partial charge in [0, 0.05) is 25.8 Å². The molecule has 2 heterocycles. The van der Waals surface area contributed by atoms with Gasteiger partial charge < -0.3 is 10.6 Å². The number of nitrogens with two attached hydrogens (primary N) is 1. The molecule has 0 saturated carbocycles. The first-order valence-corrected chi connectivity index (χ1v) is 7.90. The van der Waals surface area contributed by atoms with Crippen molar-refractivity contribution in [3.8, 4) is 0 Å². The minimum atomic E-state index is -2.89. The fourth-order valence-corrected chi connectivity index (χ4v) is 4.04. The summed E-state index contributed by atoms with van der Waals surface area (Å²) in [4.78, 5) is 6.11. The smallest absolute Gasteiger partial charge is 0.152 e. The molecule has 5 nitrogen and oxygen atoms in total. The quantitative estimate of drug-likeness (QED) is 0.891. The van der Waals surface area contributed by atoms with Crippen LogP contribution in [0.15, 0.2) is 12.3 Å². The van der Waals surface area contributed by atoms with Gasteiger partial charge in [0.2, 0.25) is 0 Å². The summed E-state index contributed by atoms with van der Waals surface area (Å²) in [6.07, 6.45) is 2.19. The molecule has 1 aromatic heterocycles. The van der Waals surface area contributed by atoms with Crippen molar-refractivity contribution in [2.45, 2.75) is 19.0 Å². The van der Waals surface area contributed by atoms with Crippen LogP contribution in [0.1, 0.15) is 12.0 Å². The Bertz CT molecular complexity index is 547. The molecule has 100 valence electrons. The lowest BCUT2D eigenvalue weighted by atomic mass is 10.2. The lowest BCUT2D eigenvalue weighted by molar-refractivity contribution is 0.600. The highest BCUT2D eigenvalue weighted by atomic mass is 35.5. The summed E-state index contributed by atoms with van der Waals surface area (Å²) < 4.78 is 22.9. The Kier molecular flexibility index (Phi) is 3.79. The van der Waals surface area contributed by atoms with Crippen molar-refractivity contribution >= 4 is 27.3 Å². The maximum Gasteiger partial charge on any atom is 0.152 e. The second kappa shape index (κ2) is 5.03. The van der Waals surface area contributed by atoms with Gasteiger partial charge in [-0.25, -0.2) is 13.4 Å². The number of sulfone groups is 1. The van der Waals surface area contributed by atoms with Crippen LogP contribution in [0.2, 0.25) is 5.02 Å². The van der Waals surface area contributed by atoms with Crippen molar-refractivity contribution in [1.29, 1.82) is 0 Å². The first-order chi connectivity index (χ1) is 8.43.